The summed E-state index contributed by atoms with van der Waals surface area (Å²) < 4.78 is 0. The Morgan fingerprint density at radius 2 is 2.00 bits per heavy atom. The number of thioether (sulfide) groups is 1. The molecule has 2 aromatic carbocycles. The van der Waals surface area contributed by atoms with E-state index in [2.05, 4.69) is 5.32 Å². The largest absolute Gasteiger partial charge is 0.325 e. The van der Waals surface area contributed by atoms with Crippen molar-refractivity contribution in [3.05, 3.63) is 59.1 Å². The van der Waals surface area contributed by atoms with Crippen molar-refractivity contribution in [1.29, 1.82) is 0 Å². The smallest absolute Gasteiger partial charge is 0.241 e. The zero-order chi connectivity index (χ0) is 15.9. The number of nitrogens with one attached hydrogen (secondary N) is 1. The van der Waals surface area contributed by atoms with Crippen LogP contribution >= 0.6 is 23.4 Å². The first-order chi connectivity index (χ1) is 10.6. The Labute approximate surface area is 140 Å². The van der Waals surface area contributed by atoms with E-state index in [0.29, 0.717) is 6.42 Å². The first-order valence-corrected chi connectivity index (χ1v) is 8.43. The second-order valence-corrected chi connectivity index (χ2v) is 6.58. The minimum Gasteiger partial charge on any atom is -0.325 e. The fraction of sp³-hybridized carbons (Fsp3) is 0.235. The SMILES string of the molecule is Cc1cc(Cl)ccc1SCCC(N)C(=O)Nc1ccccc1. The van der Waals surface area contributed by atoms with E-state index in [0.717, 1.165) is 22.0 Å². The zero-order valence-electron chi connectivity index (χ0n) is 12.4. The monoisotopic (exact) mass is 334 g/mol. The van der Waals surface area contributed by atoms with E-state index in [1.54, 1.807) is 11.8 Å². The third-order valence-corrected chi connectivity index (χ3v) is 4.65. The minimum atomic E-state index is -0.514. The standard InChI is InChI=1S/C17H19ClN2OS/c1-12-11-13(18)7-8-16(12)22-10-9-15(19)17(21)20-14-5-3-2-4-6-14/h2-8,11,15H,9-10,19H2,1H3,(H,20,21). The van der Waals surface area contributed by atoms with Crippen LogP contribution in [-0.4, -0.2) is 17.7 Å². The quantitative estimate of drug-likeness (QED) is 0.782. The van der Waals surface area contributed by atoms with Crippen molar-refractivity contribution in [2.45, 2.75) is 24.3 Å². The Bertz CT molecular complexity index is 634. The molecule has 0 saturated heterocycles. The number of nitrogens with two attached hydrogens (primary N) is 1. The fourth-order valence-corrected chi connectivity index (χ4v) is 3.23. The van der Waals surface area contributed by atoms with Crippen molar-refractivity contribution < 1.29 is 4.79 Å². The molecule has 0 bridgehead atoms. The predicted molar refractivity (Wildman–Crippen MR) is 94.6 cm³/mol. The van der Waals surface area contributed by atoms with Gasteiger partial charge in [0.25, 0.3) is 0 Å². The lowest BCUT2D eigenvalue weighted by Gasteiger charge is -2.12. The van der Waals surface area contributed by atoms with E-state index in [4.69, 9.17) is 17.3 Å². The van der Waals surface area contributed by atoms with Crippen LogP contribution in [0.15, 0.2) is 53.4 Å². The molecular weight excluding hydrogens is 316 g/mol. The zero-order valence-corrected chi connectivity index (χ0v) is 14.0. The Hall–Kier alpha value is -1.49. The maximum atomic E-state index is 12.0. The lowest BCUT2D eigenvalue weighted by atomic mass is 10.2. The van der Waals surface area contributed by atoms with Crippen molar-refractivity contribution >= 4 is 35.0 Å². The predicted octanol–water partition coefficient (Wildman–Crippen LogP) is 4.10. The normalized spacial score (nSPS) is 12.0. The molecule has 0 fully saturated rings. The van der Waals surface area contributed by atoms with Gasteiger partial charge in [0.15, 0.2) is 0 Å². The van der Waals surface area contributed by atoms with Gasteiger partial charge in [0, 0.05) is 15.6 Å². The highest BCUT2D eigenvalue weighted by Gasteiger charge is 2.13. The van der Waals surface area contributed by atoms with Crippen molar-refractivity contribution in [1.82, 2.24) is 0 Å². The lowest BCUT2D eigenvalue weighted by molar-refractivity contribution is -0.117. The Balaban J connectivity index is 1.79. The topological polar surface area (TPSA) is 55.1 Å². The first kappa shape index (κ1) is 16.9. The van der Waals surface area contributed by atoms with Gasteiger partial charge in [-0.2, -0.15) is 0 Å². The molecule has 0 aliphatic rings. The second kappa shape index (κ2) is 8.22. The van der Waals surface area contributed by atoms with E-state index in [1.807, 2.05) is 55.5 Å². The number of hydrogen-bond acceptors (Lipinski definition) is 3. The van der Waals surface area contributed by atoms with Gasteiger partial charge in [0.2, 0.25) is 5.91 Å². The molecule has 116 valence electrons. The minimum absolute atomic E-state index is 0.153. The van der Waals surface area contributed by atoms with Gasteiger partial charge in [-0.05, 0) is 55.0 Å². The molecule has 1 atom stereocenters. The van der Waals surface area contributed by atoms with Crippen LogP contribution in [0.25, 0.3) is 0 Å². The molecule has 0 radical (unpaired) electrons. The molecule has 0 aliphatic heterocycles. The molecule has 2 rings (SSSR count). The van der Waals surface area contributed by atoms with Crippen LogP contribution in [0.1, 0.15) is 12.0 Å². The van der Waals surface area contributed by atoms with Crippen molar-refractivity contribution in [2.24, 2.45) is 5.73 Å². The molecule has 1 unspecified atom stereocenters. The van der Waals surface area contributed by atoms with E-state index < -0.39 is 6.04 Å². The maximum absolute atomic E-state index is 12.0. The van der Waals surface area contributed by atoms with Crippen molar-refractivity contribution in [3.63, 3.8) is 0 Å². The highest BCUT2D eigenvalue weighted by molar-refractivity contribution is 7.99. The fourth-order valence-electron chi connectivity index (χ4n) is 1.96. The Kier molecular flexibility index (Phi) is 6.31. The summed E-state index contributed by atoms with van der Waals surface area (Å²) >= 11 is 7.63. The summed E-state index contributed by atoms with van der Waals surface area (Å²) in [6.45, 7) is 2.02. The molecule has 0 aliphatic carbocycles. The van der Waals surface area contributed by atoms with Gasteiger partial charge in [-0.1, -0.05) is 29.8 Å². The number of rotatable bonds is 6. The number of benzene rings is 2. The summed E-state index contributed by atoms with van der Waals surface area (Å²) in [5.74, 6) is 0.630. The Morgan fingerprint density at radius 1 is 1.27 bits per heavy atom. The van der Waals surface area contributed by atoms with Gasteiger partial charge in [-0.3, -0.25) is 4.79 Å². The summed E-state index contributed by atoms with van der Waals surface area (Å²) in [6.07, 6.45) is 0.616. The molecule has 0 saturated carbocycles. The van der Waals surface area contributed by atoms with Crippen LogP contribution in [0.5, 0.6) is 0 Å². The number of aryl methyl sites for hydroxylation is 1. The van der Waals surface area contributed by atoms with Gasteiger partial charge in [0.1, 0.15) is 0 Å². The van der Waals surface area contributed by atoms with Gasteiger partial charge in [-0.25, -0.2) is 0 Å². The van der Waals surface area contributed by atoms with E-state index >= 15 is 0 Å². The van der Waals surface area contributed by atoms with Gasteiger partial charge in [-0.15, -0.1) is 11.8 Å². The lowest BCUT2D eigenvalue weighted by Crippen LogP contribution is -2.36. The van der Waals surface area contributed by atoms with Gasteiger partial charge in [0.05, 0.1) is 6.04 Å². The summed E-state index contributed by atoms with van der Waals surface area (Å²) in [6, 6.07) is 14.6. The molecular formula is C17H19ClN2OS. The highest BCUT2D eigenvalue weighted by atomic mass is 35.5. The first-order valence-electron chi connectivity index (χ1n) is 7.06. The molecule has 3 nitrogen and oxygen atoms in total. The molecule has 1 amide bonds. The summed E-state index contributed by atoms with van der Waals surface area (Å²) in [7, 11) is 0. The second-order valence-electron chi connectivity index (χ2n) is 5.01. The molecule has 2 aromatic rings. The maximum Gasteiger partial charge on any atom is 0.241 e. The van der Waals surface area contributed by atoms with Crippen LogP contribution in [0.4, 0.5) is 5.69 Å². The van der Waals surface area contributed by atoms with E-state index in [9.17, 15) is 4.79 Å². The molecule has 0 aromatic heterocycles. The van der Waals surface area contributed by atoms with Crippen LogP contribution in [-0.2, 0) is 4.79 Å². The summed E-state index contributed by atoms with van der Waals surface area (Å²) in [5.41, 5.74) is 7.85. The number of para-hydroxylation sites is 1. The third-order valence-electron chi connectivity index (χ3n) is 3.20. The van der Waals surface area contributed by atoms with Crippen LogP contribution in [0, 0.1) is 6.92 Å². The van der Waals surface area contributed by atoms with Gasteiger partial charge < -0.3 is 11.1 Å². The number of hydrogen-bond donors (Lipinski definition) is 2. The number of amides is 1. The van der Waals surface area contributed by atoms with E-state index in [-0.39, 0.29) is 5.91 Å². The molecule has 0 heterocycles. The summed E-state index contributed by atoms with van der Waals surface area (Å²) in [5, 5.41) is 3.56. The van der Waals surface area contributed by atoms with E-state index in [1.165, 1.54) is 4.90 Å². The highest BCUT2D eigenvalue weighted by Crippen LogP contribution is 2.25. The van der Waals surface area contributed by atoms with Crippen molar-refractivity contribution in [3.8, 4) is 0 Å². The number of carbonyl (C=O) groups is 1. The molecule has 22 heavy (non-hydrogen) atoms. The van der Waals surface area contributed by atoms with Crippen LogP contribution in [0.2, 0.25) is 5.02 Å². The van der Waals surface area contributed by atoms with Crippen LogP contribution in [0.3, 0.4) is 0 Å². The van der Waals surface area contributed by atoms with Crippen LogP contribution < -0.4 is 11.1 Å². The third kappa shape index (κ3) is 5.05. The Morgan fingerprint density at radius 3 is 2.68 bits per heavy atom. The number of carbonyl (C=O) groups excluding carboxylic acids is 1. The number of halogens is 1. The molecule has 3 N–H and O–H groups in total. The van der Waals surface area contributed by atoms with Gasteiger partial charge >= 0.3 is 0 Å². The number of anilines is 1. The molecule has 5 heteroatoms. The average molecular weight is 335 g/mol. The average Bonchev–Trinajstić information content (AvgIpc) is 2.50. The molecule has 0 spiro atoms. The van der Waals surface area contributed by atoms with Crippen molar-refractivity contribution in [2.75, 3.05) is 11.1 Å². The summed E-state index contributed by atoms with van der Waals surface area (Å²) in [4.78, 5) is 13.2.